The molecule has 0 atom stereocenters. The molecule has 0 aliphatic heterocycles. The molecule has 0 radical (unpaired) electrons. The SMILES string of the molecule is COc1cc2ncc3ncn(-c4ccc(NC(=O)O)cc4)c3c2cc1OC. The van der Waals surface area contributed by atoms with Crippen molar-refractivity contribution < 1.29 is 19.4 Å². The fourth-order valence-electron chi connectivity index (χ4n) is 3.04. The number of rotatable bonds is 4. The highest BCUT2D eigenvalue weighted by molar-refractivity contribution is 6.04. The molecule has 4 aromatic rings. The molecular formula is C19H16N4O4. The van der Waals surface area contributed by atoms with E-state index in [-0.39, 0.29) is 0 Å². The number of aromatic nitrogens is 3. The summed E-state index contributed by atoms with van der Waals surface area (Å²) in [7, 11) is 3.17. The van der Waals surface area contributed by atoms with Gasteiger partial charge in [0.2, 0.25) is 0 Å². The lowest BCUT2D eigenvalue weighted by Crippen LogP contribution is -2.07. The van der Waals surface area contributed by atoms with Crippen LogP contribution in [0.2, 0.25) is 0 Å². The zero-order valence-electron chi connectivity index (χ0n) is 14.6. The molecule has 2 heterocycles. The maximum Gasteiger partial charge on any atom is 0.409 e. The molecule has 8 heteroatoms. The number of methoxy groups -OCH3 is 2. The number of anilines is 1. The second kappa shape index (κ2) is 6.49. The van der Waals surface area contributed by atoms with E-state index in [2.05, 4.69) is 15.3 Å². The summed E-state index contributed by atoms with van der Waals surface area (Å²) in [4.78, 5) is 19.7. The Labute approximate surface area is 154 Å². The third-order valence-corrected chi connectivity index (χ3v) is 4.28. The summed E-state index contributed by atoms with van der Waals surface area (Å²) >= 11 is 0. The topological polar surface area (TPSA) is 98.5 Å². The molecule has 136 valence electrons. The number of imidazole rings is 1. The number of hydrogen-bond acceptors (Lipinski definition) is 5. The van der Waals surface area contributed by atoms with Crippen molar-refractivity contribution in [1.29, 1.82) is 0 Å². The quantitative estimate of drug-likeness (QED) is 0.573. The highest BCUT2D eigenvalue weighted by Crippen LogP contribution is 2.35. The largest absolute Gasteiger partial charge is 0.493 e. The van der Waals surface area contributed by atoms with Crippen LogP contribution in [0.1, 0.15) is 0 Å². The zero-order valence-corrected chi connectivity index (χ0v) is 14.6. The zero-order chi connectivity index (χ0) is 19.0. The number of hydrogen-bond donors (Lipinski definition) is 2. The summed E-state index contributed by atoms with van der Waals surface area (Å²) < 4.78 is 12.7. The van der Waals surface area contributed by atoms with Crippen LogP contribution in [0.4, 0.5) is 10.5 Å². The first-order chi connectivity index (χ1) is 13.1. The third kappa shape index (κ3) is 2.86. The minimum atomic E-state index is -1.10. The fourth-order valence-corrected chi connectivity index (χ4v) is 3.04. The molecule has 1 amide bonds. The molecule has 4 rings (SSSR count). The number of nitrogens with zero attached hydrogens (tertiary/aromatic N) is 3. The van der Waals surface area contributed by atoms with Gasteiger partial charge in [0, 0.05) is 22.8 Å². The van der Waals surface area contributed by atoms with Crippen LogP contribution in [-0.4, -0.2) is 40.0 Å². The summed E-state index contributed by atoms with van der Waals surface area (Å²) in [6.45, 7) is 0. The summed E-state index contributed by atoms with van der Waals surface area (Å²) in [5.41, 5.74) is 3.71. The van der Waals surface area contributed by atoms with Gasteiger partial charge in [-0.1, -0.05) is 0 Å². The summed E-state index contributed by atoms with van der Waals surface area (Å²) in [5.74, 6) is 1.21. The smallest absolute Gasteiger partial charge is 0.409 e. The van der Waals surface area contributed by atoms with Gasteiger partial charge >= 0.3 is 6.09 Å². The molecule has 27 heavy (non-hydrogen) atoms. The van der Waals surface area contributed by atoms with E-state index in [1.165, 1.54) is 0 Å². The number of nitrogens with one attached hydrogen (secondary N) is 1. The Morgan fingerprint density at radius 2 is 1.74 bits per heavy atom. The Morgan fingerprint density at radius 1 is 1.04 bits per heavy atom. The number of carbonyl (C=O) groups is 1. The number of benzene rings is 2. The highest BCUT2D eigenvalue weighted by Gasteiger charge is 2.14. The average Bonchev–Trinajstić information content (AvgIpc) is 3.11. The first-order valence-corrected chi connectivity index (χ1v) is 8.09. The molecule has 2 aromatic heterocycles. The van der Waals surface area contributed by atoms with Crippen LogP contribution >= 0.6 is 0 Å². The van der Waals surface area contributed by atoms with Crippen molar-refractivity contribution in [3.63, 3.8) is 0 Å². The predicted molar refractivity (Wildman–Crippen MR) is 101 cm³/mol. The molecular weight excluding hydrogens is 348 g/mol. The first-order valence-electron chi connectivity index (χ1n) is 8.09. The Balaban J connectivity index is 1.91. The lowest BCUT2D eigenvalue weighted by Gasteiger charge is -2.11. The first kappa shape index (κ1) is 16.6. The fraction of sp³-hybridized carbons (Fsp3) is 0.105. The van der Waals surface area contributed by atoms with Gasteiger partial charge in [0.1, 0.15) is 11.8 Å². The number of pyridine rings is 1. The van der Waals surface area contributed by atoms with E-state index in [1.807, 2.05) is 28.8 Å². The van der Waals surface area contributed by atoms with Crippen molar-refractivity contribution in [2.75, 3.05) is 19.5 Å². The minimum absolute atomic E-state index is 0.494. The van der Waals surface area contributed by atoms with Crippen LogP contribution in [0.3, 0.4) is 0 Å². The van der Waals surface area contributed by atoms with Gasteiger partial charge in [0.15, 0.2) is 11.5 Å². The van der Waals surface area contributed by atoms with E-state index in [9.17, 15) is 4.79 Å². The lowest BCUT2D eigenvalue weighted by molar-refractivity contribution is 0.210. The monoisotopic (exact) mass is 364 g/mol. The molecule has 0 unspecified atom stereocenters. The second-order valence-corrected chi connectivity index (χ2v) is 5.81. The molecule has 2 aromatic carbocycles. The van der Waals surface area contributed by atoms with Gasteiger partial charge in [-0.05, 0) is 30.3 Å². The molecule has 0 aliphatic rings. The number of carboxylic acid groups (broad SMARTS) is 1. The predicted octanol–water partition coefficient (Wildman–Crippen LogP) is 3.68. The lowest BCUT2D eigenvalue weighted by atomic mass is 10.1. The summed E-state index contributed by atoms with van der Waals surface area (Å²) in [6, 6.07) is 10.7. The van der Waals surface area contributed by atoms with Crippen molar-refractivity contribution in [2.45, 2.75) is 0 Å². The number of ether oxygens (including phenoxy) is 2. The van der Waals surface area contributed by atoms with E-state index in [0.717, 1.165) is 27.6 Å². The van der Waals surface area contributed by atoms with Crippen LogP contribution in [0.15, 0.2) is 48.9 Å². The summed E-state index contributed by atoms with van der Waals surface area (Å²) in [5, 5.41) is 12.0. The van der Waals surface area contributed by atoms with Gasteiger partial charge in [-0.3, -0.25) is 14.9 Å². The van der Waals surface area contributed by atoms with Crippen LogP contribution in [0, 0.1) is 0 Å². The van der Waals surface area contributed by atoms with E-state index < -0.39 is 6.09 Å². The van der Waals surface area contributed by atoms with Crippen molar-refractivity contribution in [1.82, 2.24) is 14.5 Å². The molecule has 0 bridgehead atoms. The number of amides is 1. The van der Waals surface area contributed by atoms with Gasteiger partial charge < -0.3 is 14.6 Å². The maximum atomic E-state index is 10.8. The van der Waals surface area contributed by atoms with Gasteiger partial charge in [0.25, 0.3) is 0 Å². The van der Waals surface area contributed by atoms with E-state index >= 15 is 0 Å². The van der Waals surface area contributed by atoms with Crippen LogP contribution in [0.5, 0.6) is 11.5 Å². The van der Waals surface area contributed by atoms with Crippen molar-refractivity contribution in [2.24, 2.45) is 0 Å². The van der Waals surface area contributed by atoms with Gasteiger partial charge in [-0.25, -0.2) is 9.78 Å². The van der Waals surface area contributed by atoms with Crippen LogP contribution in [0.25, 0.3) is 27.6 Å². The van der Waals surface area contributed by atoms with Crippen molar-refractivity contribution in [3.05, 3.63) is 48.9 Å². The average molecular weight is 364 g/mol. The Morgan fingerprint density at radius 3 is 2.41 bits per heavy atom. The molecule has 8 nitrogen and oxygen atoms in total. The Bertz CT molecular complexity index is 1150. The molecule has 0 saturated carbocycles. The second-order valence-electron chi connectivity index (χ2n) is 5.81. The van der Waals surface area contributed by atoms with Gasteiger partial charge in [-0.2, -0.15) is 0 Å². The Hall–Kier alpha value is -3.81. The van der Waals surface area contributed by atoms with E-state index in [1.54, 1.807) is 38.9 Å². The van der Waals surface area contributed by atoms with Gasteiger partial charge in [-0.15, -0.1) is 0 Å². The maximum absolute atomic E-state index is 10.8. The molecule has 0 aliphatic carbocycles. The minimum Gasteiger partial charge on any atom is -0.493 e. The molecule has 0 spiro atoms. The highest BCUT2D eigenvalue weighted by atomic mass is 16.5. The number of fused-ring (bicyclic) bond motifs is 3. The third-order valence-electron chi connectivity index (χ3n) is 4.28. The van der Waals surface area contributed by atoms with Crippen LogP contribution in [-0.2, 0) is 0 Å². The van der Waals surface area contributed by atoms with E-state index in [4.69, 9.17) is 14.6 Å². The van der Waals surface area contributed by atoms with Crippen molar-refractivity contribution in [3.8, 4) is 17.2 Å². The Kier molecular flexibility index (Phi) is 4.00. The molecule has 0 fully saturated rings. The van der Waals surface area contributed by atoms with Gasteiger partial charge in [0.05, 0.1) is 31.4 Å². The molecule has 2 N–H and O–H groups in total. The van der Waals surface area contributed by atoms with Crippen LogP contribution < -0.4 is 14.8 Å². The normalized spacial score (nSPS) is 10.9. The van der Waals surface area contributed by atoms with E-state index in [0.29, 0.717) is 17.2 Å². The summed E-state index contributed by atoms with van der Waals surface area (Å²) in [6.07, 6.45) is 2.32. The van der Waals surface area contributed by atoms with Crippen molar-refractivity contribution >= 4 is 33.7 Å². The standard InChI is InChI=1S/C19H16N4O4/c1-26-16-7-13-14(8-17(16)27-2)20-9-15-18(13)23(10-21-15)12-5-3-11(4-6-12)22-19(24)25/h3-10,22H,1-2H3,(H,24,25). The molecule has 0 saturated heterocycles.